The van der Waals surface area contributed by atoms with Gasteiger partial charge in [-0.25, -0.2) is 0 Å². The van der Waals surface area contributed by atoms with Crippen LogP contribution in [0.25, 0.3) is 39.5 Å². The number of hydrogen-bond acceptors (Lipinski definition) is 2. The fourth-order valence-electron chi connectivity index (χ4n) is 4.08. The first kappa shape index (κ1) is 23.5. The summed E-state index contributed by atoms with van der Waals surface area (Å²) in [5.41, 5.74) is 7.81. The number of benzene rings is 5. The number of aldehydes is 1. The van der Waals surface area contributed by atoms with E-state index in [4.69, 9.17) is 0 Å². The monoisotopic (exact) mass is 454 g/mol. The normalized spacial score (nSPS) is 10.1. The maximum Gasteiger partial charge on any atom is 0.150 e. The Morgan fingerprint density at radius 1 is 0.571 bits per heavy atom. The van der Waals surface area contributed by atoms with Crippen LogP contribution in [-0.2, 0) is 0 Å². The first-order chi connectivity index (χ1) is 17.2. The van der Waals surface area contributed by atoms with Crippen molar-refractivity contribution in [1.82, 2.24) is 0 Å². The van der Waals surface area contributed by atoms with Crippen LogP contribution in [0.15, 0.2) is 134 Å². The van der Waals surface area contributed by atoms with Gasteiger partial charge in [0.05, 0.1) is 0 Å². The summed E-state index contributed by atoms with van der Waals surface area (Å²) < 4.78 is 0. The van der Waals surface area contributed by atoms with Crippen molar-refractivity contribution in [2.24, 2.45) is 0 Å². The average Bonchev–Trinajstić information content (AvgIpc) is 2.94. The number of aromatic hydroxyl groups is 1. The van der Waals surface area contributed by atoms with E-state index in [1.54, 1.807) is 18.2 Å². The molecule has 5 rings (SSSR count). The van der Waals surface area contributed by atoms with Crippen molar-refractivity contribution >= 4 is 12.4 Å². The molecule has 170 valence electrons. The van der Waals surface area contributed by atoms with E-state index in [1.807, 2.05) is 78.9 Å². The van der Waals surface area contributed by atoms with Gasteiger partial charge in [-0.15, -0.1) is 0 Å². The second-order valence-electron chi connectivity index (χ2n) is 7.94. The maximum atomic E-state index is 10.8. The Morgan fingerprint density at radius 2 is 1.00 bits per heavy atom. The molecule has 0 radical (unpaired) electrons. The van der Waals surface area contributed by atoms with Crippen LogP contribution in [-0.4, -0.2) is 11.4 Å². The number of rotatable bonds is 5. The molecule has 0 saturated heterocycles. The van der Waals surface area contributed by atoms with Gasteiger partial charge in [0.2, 0.25) is 0 Å². The third-order valence-corrected chi connectivity index (χ3v) is 5.70. The van der Waals surface area contributed by atoms with Gasteiger partial charge in [-0.3, -0.25) is 4.79 Å². The molecule has 0 unspecified atom stereocenters. The molecular weight excluding hydrogens is 428 g/mol. The smallest absolute Gasteiger partial charge is 0.150 e. The molecule has 0 saturated carbocycles. The van der Waals surface area contributed by atoms with Crippen molar-refractivity contribution in [2.45, 2.75) is 0 Å². The molecule has 0 bridgehead atoms. The summed E-state index contributed by atoms with van der Waals surface area (Å²) >= 11 is 0. The first-order valence-corrected chi connectivity index (χ1v) is 11.4. The van der Waals surface area contributed by atoms with Gasteiger partial charge >= 0.3 is 0 Å². The standard InChI is InChI=1S/C26H20O.C7H6O/c1-2-22-24(27)18-23(19-12-6-3-7-13-19)26(21-16-10-5-11-17-21)25(22)20-14-8-4-9-15-20;8-6-7-4-2-1-3-5-7/h2-18,27H,1H2;1-6H. The topological polar surface area (TPSA) is 37.3 Å². The fraction of sp³-hybridized carbons (Fsp3) is 0. The molecule has 0 atom stereocenters. The summed E-state index contributed by atoms with van der Waals surface area (Å²) in [5, 5.41) is 10.8. The summed E-state index contributed by atoms with van der Waals surface area (Å²) in [6.45, 7) is 3.96. The minimum atomic E-state index is 0.238. The van der Waals surface area contributed by atoms with Crippen LogP contribution in [0.1, 0.15) is 15.9 Å². The number of phenols is 1. The quantitative estimate of drug-likeness (QED) is 0.270. The molecule has 0 aromatic heterocycles. The van der Waals surface area contributed by atoms with Gasteiger partial charge in [0.25, 0.3) is 0 Å². The highest BCUT2D eigenvalue weighted by atomic mass is 16.3. The number of carbonyl (C=O) groups is 1. The lowest BCUT2D eigenvalue weighted by Gasteiger charge is -2.20. The van der Waals surface area contributed by atoms with E-state index < -0.39 is 0 Å². The van der Waals surface area contributed by atoms with E-state index in [2.05, 4.69) is 43.0 Å². The summed E-state index contributed by atoms with van der Waals surface area (Å²) in [7, 11) is 0. The number of carbonyl (C=O) groups excluding carboxylic acids is 1. The Hall–Kier alpha value is -4.69. The zero-order chi connectivity index (χ0) is 24.5. The lowest BCUT2D eigenvalue weighted by atomic mass is 9.84. The summed E-state index contributed by atoms with van der Waals surface area (Å²) in [4.78, 5) is 10.0. The lowest BCUT2D eigenvalue weighted by molar-refractivity contribution is 0.112. The van der Waals surface area contributed by atoms with Crippen LogP contribution < -0.4 is 0 Å². The molecule has 0 fully saturated rings. The molecule has 0 aliphatic carbocycles. The molecule has 1 N–H and O–H groups in total. The van der Waals surface area contributed by atoms with Gasteiger partial charge in [-0.05, 0) is 33.9 Å². The minimum Gasteiger partial charge on any atom is -0.507 e. The van der Waals surface area contributed by atoms with E-state index in [-0.39, 0.29) is 5.75 Å². The molecule has 0 aliphatic heterocycles. The Labute approximate surface area is 206 Å². The predicted molar refractivity (Wildman–Crippen MR) is 146 cm³/mol. The van der Waals surface area contributed by atoms with Crippen LogP contribution in [0.5, 0.6) is 5.75 Å². The van der Waals surface area contributed by atoms with E-state index in [0.29, 0.717) is 0 Å². The number of hydrogen-bond donors (Lipinski definition) is 1. The molecule has 5 aromatic carbocycles. The van der Waals surface area contributed by atoms with Gasteiger partial charge in [0, 0.05) is 16.7 Å². The van der Waals surface area contributed by atoms with Crippen molar-refractivity contribution in [1.29, 1.82) is 0 Å². The molecule has 35 heavy (non-hydrogen) atoms. The molecule has 5 aromatic rings. The minimum absolute atomic E-state index is 0.238. The Balaban J connectivity index is 0.000000308. The van der Waals surface area contributed by atoms with Gasteiger partial charge in [0.15, 0.2) is 0 Å². The van der Waals surface area contributed by atoms with Crippen LogP contribution in [0.3, 0.4) is 0 Å². The molecular formula is C33H26O2. The van der Waals surface area contributed by atoms with Crippen molar-refractivity contribution in [2.75, 3.05) is 0 Å². The molecule has 0 spiro atoms. The van der Waals surface area contributed by atoms with Gasteiger partial charge in [0.1, 0.15) is 12.0 Å². The van der Waals surface area contributed by atoms with Crippen LogP contribution in [0.4, 0.5) is 0 Å². The fourth-order valence-corrected chi connectivity index (χ4v) is 4.08. The van der Waals surface area contributed by atoms with Gasteiger partial charge in [-0.1, -0.05) is 134 Å². The highest BCUT2D eigenvalue weighted by molar-refractivity contribution is 5.99. The van der Waals surface area contributed by atoms with E-state index in [0.717, 1.165) is 50.8 Å². The predicted octanol–water partition coefficient (Wildman–Crippen LogP) is 8.54. The van der Waals surface area contributed by atoms with Crippen molar-refractivity contribution < 1.29 is 9.90 Å². The lowest BCUT2D eigenvalue weighted by Crippen LogP contribution is -1.94. The second kappa shape index (κ2) is 11.4. The SMILES string of the molecule is C=Cc1c(O)cc(-c2ccccc2)c(-c2ccccc2)c1-c1ccccc1.O=Cc1ccccc1. The van der Waals surface area contributed by atoms with Gasteiger partial charge < -0.3 is 5.11 Å². The molecule has 2 heteroatoms. The highest BCUT2D eigenvalue weighted by Gasteiger charge is 2.19. The number of phenolic OH excluding ortho intramolecular Hbond substituents is 1. The van der Waals surface area contributed by atoms with Crippen LogP contribution in [0.2, 0.25) is 0 Å². The molecule has 0 amide bonds. The Kier molecular flexibility index (Phi) is 7.67. The third-order valence-electron chi connectivity index (χ3n) is 5.70. The summed E-state index contributed by atoms with van der Waals surface area (Å²) in [5.74, 6) is 0.238. The van der Waals surface area contributed by atoms with Crippen LogP contribution in [0, 0.1) is 0 Å². The largest absolute Gasteiger partial charge is 0.507 e. The second-order valence-corrected chi connectivity index (χ2v) is 7.94. The van der Waals surface area contributed by atoms with E-state index in [9.17, 15) is 9.90 Å². The molecule has 2 nitrogen and oxygen atoms in total. The van der Waals surface area contributed by atoms with Crippen molar-refractivity contribution in [3.8, 4) is 39.1 Å². The van der Waals surface area contributed by atoms with Crippen molar-refractivity contribution in [3.63, 3.8) is 0 Å². The van der Waals surface area contributed by atoms with E-state index in [1.165, 1.54) is 0 Å². The van der Waals surface area contributed by atoms with Gasteiger partial charge in [-0.2, -0.15) is 0 Å². The molecule has 0 heterocycles. The van der Waals surface area contributed by atoms with Crippen molar-refractivity contribution in [3.05, 3.63) is 145 Å². The zero-order valence-electron chi connectivity index (χ0n) is 19.3. The average molecular weight is 455 g/mol. The highest BCUT2D eigenvalue weighted by Crippen LogP contribution is 2.46. The summed E-state index contributed by atoms with van der Waals surface area (Å²) in [6.07, 6.45) is 2.57. The summed E-state index contributed by atoms with van der Waals surface area (Å²) in [6, 6.07) is 41.6. The first-order valence-electron chi connectivity index (χ1n) is 11.4. The Bertz CT molecular complexity index is 1390. The maximum absolute atomic E-state index is 10.8. The third kappa shape index (κ3) is 5.45. The van der Waals surface area contributed by atoms with E-state index >= 15 is 0 Å². The Morgan fingerprint density at radius 3 is 1.43 bits per heavy atom. The molecule has 0 aliphatic rings. The van der Waals surface area contributed by atoms with Crippen LogP contribution >= 0.6 is 0 Å². The zero-order valence-corrected chi connectivity index (χ0v) is 19.3.